The van der Waals surface area contributed by atoms with Gasteiger partial charge in [0.05, 0.1) is 6.04 Å². The molecule has 0 aliphatic rings. The van der Waals surface area contributed by atoms with Crippen LogP contribution >= 0.6 is 0 Å². The summed E-state index contributed by atoms with van der Waals surface area (Å²) < 4.78 is 8.63. The van der Waals surface area contributed by atoms with Crippen molar-refractivity contribution >= 4 is 39.0 Å². The van der Waals surface area contributed by atoms with Gasteiger partial charge in [0, 0.05) is 0 Å². The Morgan fingerprint density at radius 2 is 1.31 bits per heavy atom. The molecule has 0 aliphatic heterocycles. The molecule has 0 heterocycles. The van der Waals surface area contributed by atoms with E-state index in [4.69, 9.17) is 4.43 Å². The summed E-state index contributed by atoms with van der Waals surface area (Å²) in [5, 5.41) is 0. The molecule has 0 aromatic heterocycles. The lowest BCUT2D eigenvalue weighted by Crippen LogP contribution is -2.59. The van der Waals surface area contributed by atoms with Crippen LogP contribution < -0.4 is 4.98 Å². The first-order valence-corrected chi connectivity index (χ1v) is 23.9. The minimum absolute atomic E-state index is 0.0289. The molecule has 0 amide bonds. The van der Waals surface area contributed by atoms with Gasteiger partial charge >= 0.3 is 5.97 Å². The van der Waals surface area contributed by atoms with E-state index in [-0.39, 0.29) is 12.0 Å². The second-order valence-corrected chi connectivity index (χ2v) is 30.9. The molecule has 4 nitrogen and oxygen atoms in total. The van der Waals surface area contributed by atoms with Crippen molar-refractivity contribution in [2.24, 2.45) is 0 Å². The minimum atomic E-state index is -1.84. The molecule has 0 fully saturated rings. The van der Waals surface area contributed by atoms with E-state index >= 15 is 0 Å². The van der Waals surface area contributed by atoms with E-state index in [1.54, 1.807) is 0 Å². The average Bonchev–Trinajstić information content (AvgIpc) is 2.29. The number of hydrogen-bond acceptors (Lipinski definition) is 4. The van der Waals surface area contributed by atoms with Gasteiger partial charge in [-0.05, 0) is 39.0 Å². The zero-order chi connectivity index (χ0) is 21.0. The summed E-state index contributed by atoms with van der Waals surface area (Å²) in [6, 6.07) is -0.138. The second-order valence-electron chi connectivity index (χ2n) is 11.5. The third-order valence-corrected chi connectivity index (χ3v) is 13.8. The Morgan fingerprint density at radius 3 is 1.65 bits per heavy atom. The van der Waals surface area contributed by atoms with Crippen LogP contribution in [0, 0.1) is 0 Å². The van der Waals surface area contributed by atoms with Crippen LogP contribution in [0.2, 0.25) is 78.6 Å². The second kappa shape index (κ2) is 9.64. The summed E-state index contributed by atoms with van der Waals surface area (Å²) in [5.41, 5.74) is 0. The van der Waals surface area contributed by atoms with E-state index in [1.807, 2.05) is 0 Å². The van der Waals surface area contributed by atoms with Gasteiger partial charge in [-0.3, -0.25) is 4.79 Å². The van der Waals surface area contributed by atoms with Crippen LogP contribution in [0.5, 0.6) is 0 Å². The molecule has 0 bridgehead atoms. The summed E-state index contributed by atoms with van der Waals surface area (Å²) >= 11 is 0. The number of hydrogen-bond donors (Lipinski definition) is 1. The van der Waals surface area contributed by atoms with Crippen LogP contribution in [0.4, 0.5) is 0 Å². The molecule has 0 aliphatic carbocycles. The molecule has 0 saturated heterocycles. The molecule has 0 radical (unpaired) electrons. The number of rotatable bonds is 11. The fourth-order valence-electron chi connectivity index (χ4n) is 3.44. The van der Waals surface area contributed by atoms with Crippen LogP contribution in [-0.4, -0.2) is 55.8 Å². The zero-order valence-electron chi connectivity index (χ0n) is 19.7. The highest BCUT2D eigenvalue weighted by atomic mass is 28.4. The van der Waals surface area contributed by atoms with Crippen molar-refractivity contribution in [3.8, 4) is 0 Å². The van der Waals surface area contributed by atoms with Crippen molar-refractivity contribution < 1.29 is 9.22 Å². The molecular weight excluding hydrogens is 389 g/mol. The van der Waals surface area contributed by atoms with Crippen molar-refractivity contribution in [1.29, 1.82) is 0 Å². The largest absolute Gasteiger partial charge is 0.519 e. The minimum Gasteiger partial charge on any atom is -0.519 e. The van der Waals surface area contributed by atoms with Crippen molar-refractivity contribution in [1.82, 2.24) is 9.21 Å². The normalized spacial score (nSPS) is 15.3. The van der Waals surface area contributed by atoms with Gasteiger partial charge in [0.15, 0.2) is 0 Å². The van der Waals surface area contributed by atoms with Crippen LogP contribution in [0.15, 0.2) is 0 Å². The van der Waals surface area contributed by atoms with E-state index in [1.165, 1.54) is 13.0 Å². The van der Waals surface area contributed by atoms with Crippen molar-refractivity contribution in [2.45, 2.75) is 104 Å². The van der Waals surface area contributed by atoms with Gasteiger partial charge in [-0.15, -0.1) is 0 Å². The predicted molar refractivity (Wildman–Crippen MR) is 127 cm³/mol. The first-order chi connectivity index (χ1) is 11.3. The number of nitrogens with one attached hydrogen (secondary N) is 1. The summed E-state index contributed by atoms with van der Waals surface area (Å²) in [6.45, 7) is 28.9. The maximum atomic E-state index is 12.7. The smallest absolute Gasteiger partial charge is 0.309 e. The molecule has 26 heavy (non-hydrogen) atoms. The van der Waals surface area contributed by atoms with Gasteiger partial charge in [0.2, 0.25) is 8.32 Å². The fraction of sp³-hybridized carbons (Fsp3) is 0.944. The van der Waals surface area contributed by atoms with Crippen molar-refractivity contribution in [3.05, 3.63) is 0 Å². The lowest BCUT2D eigenvalue weighted by atomic mass is 10.1. The third-order valence-electron chi connectivity index (χ3n) is 4.04. The molecule has 1 atom stereocenters. The average molecular weight is 435 g/mol. The number of carbonyl (C=O) groups excluding carboxylic acids is 1. The summed E-state index contributed by atoms with van der Waals surface area (Å²) in [4.78, 5) is 16.3. The SMILES string of the molecule is C[Si](C)(C)N[C@@H](CCCCN([Si](C)(C)C)[Si](C)(C)C)C(=O)O[Si](C)(C)C. The van der Waals surface area contributed by atoms with Crippen LogP contribution in [0.25, 0.3) is 0 Å². The standard InChI is InChI=1S/C18H46N2O2Si4/c1-23(2,3)19-17(18(21)22-26(10,11)12)15-13-14-16-20(24(4,5)6)25(7,8)9/h17,19H,13-16H2,1-12H3/t17-/m0/s1. The van der Waals surface area contributed by atoms with Crippen LogP contribution in [0.3, 0.4) is 0 Å². The third kappa shape index (κ3) is 11.9. The topological polar surface area (TPSA) is 41.6 Å². The lowest BCUT2D eigenvalue weighted by molar-refractivity contribution is -0.137. The van der Waals surface area contributed by atoms with Gasteiger partial charge in [0.25, 0.3) is 0 Å². The Labute approximate surface area is 167 Å². The Balaban J connectivity index is 4.82. The molecule has 0 saturated carbocycles. The number of unbranched alkanes of at least 4 members (excludes halogenated alkanes) is 1. The molecule has 0 unspecified atom stereocenters. The van der Waals surface area contributed by atoms with Crippen LogP contribution in [-0.2, 0) is 9.22 Å². The lowest BCUT2D eigenvalue weighted by Gasteiger charge is -2.43. The van der Waals surface area contributed by atoms with Crippen molar-refractivity contribution in [2.75, 3.05) is 6.54 Å². The van der Waals surface area contributed by atoms with Crippen LogP contribution in [0.1, 0.15) is 19.3 Å². The Hall–Kier alpha value is 0.258. The first kappa shape index (κ1) is 26.3. The first-order valence-electron chi connectivity index (χ1n) is 10.1. The number of nitrogens with zero attached hydrogens (tertiary/aromatic N) is 1. The predicted octanol–water partition coefficient (Wildman–Crippen LogP) is 5.30. The highest BCUT2D eigenvalue weighted by molar-refractivity contribution is 6.89. The molecule has 0 spiro atoms. The highest BCUT2D eigenvalue weighted by Crippen LogP contribution is 2.21. The van der Waals surface area contributed by atoms with E-state index in [2.05, 4.69) is 87.8 Å². The number of carbonyl (C=O) groups is 1. The van der Waals surface area contributed by atoms with E-state index in [0.29, 0.717) is 0 Å². The van der Waals surface area contributed by atoms with E-state index in [9.17, 15) is 4.79 Å². The molecule has 0 aromatic rings. The molecule has 0 aromatic carbocycles. The molecule has 1 N–H and O–H groups in total. The molecular formula is C18H46N2O2Si4. The quantitative estimate of drug-likeness (QED) is 0.354. The Bertz CT molecular complexity index is 432. The van der Waals surface area contributed by atoms with Gasteiger partial charge in [0.1, 0.15) is 24.7 Å². The van der Waals surface area contributed by atoms with Gasteiger partial charge in [-0.1, -0.05) is 65.3 Å². The van der Waals surface area contributed by atoms with Gasteiger partial charge in [-0.25, -0.2) is 0 Å². The van der Waals surface area contributed by atoms with E-state index < -0.39 is 33.0 Å². The fourth-order valence-corrected chi connectivity index (χ4v) is 15.2. The molecule has 8 heteroatoms. The van der Waals surface area contributed by atoms with E-state index in [0.717, 1.165) is 12.8 Å². The monoisotopic (exact) mass is 434 g/mol. The summed E-state index contributed by atoms with van der Waals surface area (Å²) in [5.74, 6) is -0.0289. The summed E-state index contributed by atoms with van der Waals surface area (Å²) in [6.07, 6.45) is 3.13. The molecule has 0 rings (SSSR count). The summed E-state index contributed by atoms with van der Waals surface area (Å²) in [7, 11) is -5.96. The van der Waals surface area contributed by atoms with Crippen molar-refractivity contribution in [3.63, 3.8) is 0 Å². The zero-order valence-corrected chi connectivity index (χ0v) is 23.7. The maximum Gasteiger partial charge on any atom is 0.309 e. The molecule has 156 valence electrons. The maximum absolute atomic E-state index is 12.7. The highest BCUT2D eigenvalue weighted by Gasteiger charge is 2.34. The Morgan fingerprint density at radius 1 is 0.846 bits per heavy atom. The van der Waals surface area contributed by atoms with Gasteiger partial charge in [-0.2, -0.15) is 0 Å². The Kier molecular flexibility index (Phi) is 9.74. The van der Waals surface area contributed by atoms with Gasteiger partial charge < -0.3 is 13.6 Å².